The maximum Gasteiger partial charge on any atom is 0.225 e. The Labute approximate surface area is 180 Å². The Morgan fingerprint density at radius 1 is 1.07 bits per heavy atom. The molecule has 4 atom stereocenters. The van der Waals surface area contributed by atoms with Crippen LogP contribution in [0.2, 0.25) is 0 Å². The quantitative estimate of drug-likeness (QED) is 0.436. The summed E-state index contributed by atoms with van der Waals surface area (Å²) in [6.07, 6.45) is 7.96. The first-order valence-electron chi connectivity index (χ1n) is 10.5. The minimum absolute atomic E-state index is 0.0259. The van der Waals surface area contributed by atoms with Crippen molar-refractivity contribution in [2.24, 2.45) is 39.5 Å². The molecule has 0 aromatic heterocycles. The largest absolute Gasteiger partial charge is 0.382 e. The lowest BCUT2D eigenvalue weighted by Crippen LogP contribution is -2.60. The Morgan fingerprint density at radius 2 is 1.66 bits per heavy atom. The number of halogens is 1. The van der Waals surface area contributed by atoms with E-state index in [-0.39, 0.29) is 17.3 Å². The first-order chi connectivity index (χ1) is 13.8. The van der Waals surface area contributed by atoms with Crippen LogP contribution in [0.4, 0.5) is 0 Å². The molecule has 2 fully saturated rings. The summed E-state index contributed by atoms with van der Waals surface area (Å²) >= 11 is 3.46. The molecular weight excluding hydrogens is 432 g/mol. The Kier molecular flexibility index (Phi) is 5.14. The number of benzene rings is 1. The van der Waals surface area contributed by atoms with Crippen molar-refractivity contribution in [3.8, 4) is 0 Å². The molecule has 1 aromatic rings. The highest BCUT2D eigenvalue weighted by Crippen LogP contribution is 2.81. The van der Waals surface area contributed by atoms with Crippen LogP contribution in [0.25, 0.3) is 0 Å². The first kappa shape index (κ1) is 20.6. The number of hydrogen-bond donors (Lipinski definition) is 2. The normalized spacial score (nSPS) is 33.3. The van der Waals surface area contributed by atoms with Gasteiger partial charge in [-0.05, 0) is 74.0 Å². The molecule has 29 heavy (non-hydrogen) atoms. The van der Waals surface area contributed by atoms with Gasteiger partial charge in [-0.15, -0.1) is 0 Å². The number of carbonyl (C=O) groups excluding carboxylic acids is 2. The smallest absolute Gasteiger partial charge is 0.225 e. The summed E-state index contributed by atoms with van der Waals surface area (Å²) in [6, 6.07) is 7.91. The van der Waals surface area contributed by atoms with Gasteiger partial charge in [0.25, 0.3) is 0 Å². The Morgan fingerprint density at radius 3 is 2.17 bits per heavy atom. The van der Waals surface area contributed by atoms with Gasteiger partial charge >= 0.3 is 0 Å². The molecule has 0 unspecified atom stereocenters. The standard InChI is InChI=1S/C23H29BrN2O3/c1-2-29-13-3-10-22(19(25)27)17-8-9-18(21(17)11-12-21)23(22,20(26)28)14-15-4-6-16(24)7-5-15/h4-9,17-18H,2-3,10-14H2,1H3,(H2,25,27)(H2,26,28)/t17-,18+,22+,23+/m1/s1. The average Bonchev–Trinajstić information content (AvgIpc) is 3.35. The third-order valence-electron chi connectivity index (χ3n) is 7.76. The lowest BCUT2D eigenvalue weighted by molar-refractivity contribution is -0.152. The minimum atomic E-state index is -1.01. The van der Waals surface area contributed by atoms with E-state index in [1.165, 1.54) is 0 Å². The zero-order chi connectivity index (χ0) is 20.9. The van der Waals surface area contributed by atoms with Gasteiger partial charge < -0.3 is 16.2 Å². The third-order valence-corrected chi connectivity index (χ3v) is 8.29. The first-order valence-corrected chi connectivity index (χ1v) is 11.2. The number of allylic oxidation sites excluding steroid dienone is 2. The summed E-state index contributed by atoms with van der Waals surface area (Å²) in [5.41, 5.74) is 11.3. The summed E-state index contributed by atoms with van der Waals surface area (Å²) in [4.78, 5) is 26.4. The molecule has 0 aliphatic heterocycles. The molecule has 3 aliphatic carbocycles. The predicted octanol–water partition coefficient (Wildman–Crippen LogP) is 3.35. The van der Waals surface area contributed by atoms with Gasteiger partial charge in [0.1, 0.15) is 0 Å². The van der Waals surface area contributed by atoms with E-state index >= 15 is 0 Å². The molecule has 1 aromatic carbocycles. The third kappa shape index (κ3) is 2.75. The molecule has 6 heteroatoms. The molecule has 5 nitrogen and oxygen atoms in total. The minimum Gasteiger partial charge on any atom is -0.382 e. The maximum absolute atomic E-state index is 13.2. The van der Waals surface area contributed by atoms with Gasteiger partial charge in [0.15, 0.2) is 0 Å². The molecule has 2 saturated carbocycles. The summed E-state index contributed by atoms with van der Waals surface area (Å²) in [5.74, 6) is -0.866. The van der Waals surface area contributed by atoms with Crippen molar-refractivity contribution >= 4 is 27.7 Å². The molecule has 0 radical (unpaired) electrons. The topological polar surface area (TPSA) is 95.4 Å². The van der Waals surface area contributed by atoms with Gasteiger partial charge in [0.2, 0.25) is 11.8 Å². The highest BCUT2D eigenvalue weighted by molar-refractivity contribution is 9.10. The van der Waals surface area contributed by atoms with Crippen LogP contribution in [-0.2, 0) is 20.7 Å². The van der Waals surface area contributed by atoms with Crippen molar-refractivity contribution in [3.63, 3.8) is 0 Å². The van der Waals surface area contributed by atoms with Crippen LogP contribution in [-0.4, -0.2) is 25.0 Å². The van der Waals surface area contributed by atoms with E-state index < -0.39 is 22.6 Å². The molecule has 1 spiro atoms. The maximum atomic E-state index is 13.2. The second kappa shape index (κ2) is 7.24. The molecule has 4 rings (SSSR count). The highest BCUT2D eigenvalue weighted by Gasteiger charge is 2.81. The molecule has 2 bridgehead atoms. The van der Waals surface area contributed by atoms with Crippen LogP contribution in [0.3, 0.4) is 0 Å². The van der Waals surface area contributed by atoms with Gasteiger partial charge in [0, 0.05) is 17.7 Å². The molecule has 156 valence electrons. The second-order valence-corrected chi connectivity index (χ2v) is 9.76. The van der Waals surface area contributed by atoms with Gasteiger partial charge in [0.05, 0.1) is 10.8 Å². The lowest BCUT2D eigenvalue weighted by Gasteiger charge is -2.48. The summed E-state index contributed by atoms with van der Waals surface area (Å²) in [6.45, 7) is 3.12. The SMILES string of the molecule is CCOCCC[C@@]1(C(N)=O)[C@@H]2C=C[C@@H](C23CC3)[C@@]1(Cc1ccc(Br)cc1)C(N)=O. The number of hydrogen-bond acceptors (Lipinski definition) is 3. The molecule has 0 saturated heterocycles. The van der Waals surface area contributed by atoms with Crippen LogP contribution >= 0.6 is 15.9 Å². The molecule has 2 amide bonds. The van der Waals surface area contributed by atoms with E-state index in [9.17, 15) is 9.59 Å². The fourth-order valence-electron chi connectivity index (χ4n) is 6.55. The van der Waals surface area contributed by atoms with E-state index in [2.05, 4.69) is 28.1 Å². The number of nitrogens with two attached hydrogens (primary N) is 2. The molecule has 4 N–H and O–H groups in total. The van der Waals surface area contributed by atoms with Gasteiger partial charge in [-0.25, -0.2) is 0 Å². The lowest BCUT2D eigenvalue weighted by atomic mass is 9.53. The number of primary amides is 2. The van der Waals surface area contributed by atoms with Gasteiger partial charge in [-0.1, -0.05) is 40.2 Å². The van der Waals surface area contributed by atoms with E-state index in [4.69, 9.17) is 16.2 Å². The van der Waals surface area contributed by atoms with Crippen LogP contribution in [0.15, 0.2) is 40.9 Å². The van der Waals surface area contributed by atoms with Gasteiger partial charge in [-0.2, -0.15) is 0 Å². The fraction of sp³-hybridized carbons (Fsp3) is 0.565. The number of carbonyl (C=O) groups is 2. The zero-order valence-electron chi connectivity index (χ0n) is 16.8. The van der Waals surface area contributed by atoms with Crippen molar-refractivity contribution in [1.82, 2.24) is 0 Å². The highest BCUT2D eigenvalue weighted by atomic mass is 79.9. The molecule has 3 aliphatic rings. The fourth-order valence-corrected chi connectivity index (χ4v) is 6.82. The molecular formula is C23H29BrN2O3. The van der Waals surface area contributed by atoms with Crippen LogP contribution < -0.4 is 11.5 Å². The number of rotatable bonds is 9. The van der Waals surface area contributed by atoms with E-state index in [1.807, 2.05) is 31.2 Å². The second-order valence-electron chi connectivity index (χ2n) is 8.85. The average molecular weight is 461 g/mol. The van der Waals surface area contributed by atoms with Crippen molar-refractivity contribution in [3.05, 3.63) is 46.5 Å². The monoisotopic (exact) mass is 460 g/mol. The Hall–Kier alpha value is -1.66. The Bertz CT molecular complexity index is 848. The molecule has 0 heterocycles. The van der Waals surface area contributed by atoms with Crippen LogP contribution in [0.5, 0.6) is 0 Å². The predicted molar refractivity (Wildman–Crippen MR) is 115 cm³/mol. The summed E-state index contributed by atoms with van der Waals surface area (Å²) in [5, 5.41) is 0. The Balaban J connectivity index is 1.83. The summed E-state index contributed by atoms with van der Waals surface area (Å²) < 4.78 is 6.51. The number of amides is 2. The van der Waals surface area contributed by atoms with Crippen molar-refractivity contribution in [1.29, 1.82) is 0 Å². The zero-order valence-corrected chi connectivity index (χ0v) is 18.4. The van der Waals surface area contributed by atoms with Crippen molar-refractivity contribution < 1.29 is 14.3 Å². The number of ether oxygens (including phenoxy) is 1. The van der Waals surface area contributed by atoms with Gasteiger partial charge in [-0.3, -0.25) is 9.59 Å². The van der Waals surface area contributed by atoms with E-state index in [0.717, 1.165) is 22.9 Å². The van der Waals surface area contributed by atoms with Crippen LogP contribution in [0, 0.1) is 28.1 Å². The van der Waals surface area contributed by atoms with E-state index in [1.54, 1.807) is 0 Å². The van der Waals surface area contributed by atoms with Crippen molar-refractivity contribution in [2.45, 2.75) is 39.0 Å². The van der Waals surface area contributed by atoms with Crippen LogP contribution in [0.1, 0.15) is 38.2 Å². The van der Waals surface area contributed by atoms with E-state index in [0.29, 0.717) is 32.5 Å². The summed E-state index contributed by atoms with van der Waals surface area (Å²) in [7, 11) is 0. The van der Waals surface area contributed by atoms with Crippen molar-refractivity contribution in [2.75, 3.05) is 13.2 Å².